The summed E-state index contributed by atoms with van der Waals surface area (Å²) < 4.78 is 16.3. The number of halogens is 1. The van der Waals surface area contributed by atoms with E-state index in [1.54, 1.807) is 0 Å². The number of aliphatic hydroxyl groups excluding tert-OH is 1. The summed E-state index contributed by atoms with van der Waals surface area (Å²) in [6.07, 6.45) is 6.34. The average molecular weight is 379 g/mol. The Kier molecular flexibility index (Phi) is 8.25. The Morgan fingerprint density at radius 2 is 1.85 bits per heavy atom. The lowest BCUT2D eigenvalue weighted by Gasteiger charge is -2.11. The number of ether oxygens (including phenoxy) is 2. The van der Waals surface area contributed by atoms with Crippen LogP contribution in [-0.2, 0) is 13.0 Å². The molecule has 1 aromatic heterocycles. The summed E-state index contributed by atoms with van der Waals surface area (Å²) in [7, 11) is 0. The Hall–Kier alpha value is -2.24. The minimum absolute atomic E-state index is 0.161. The minimum atomic E-state index is -0.308. The third-order valence-corrected chi connectivity index (χ3v) is 3.93. The number of allylic oxidation sites excluding steroid dienone is 1. The first-order valence-electron chi connectivity index (χ1n) is 8.51. The van der Waals surface area contributed by atoms with Gasteiger partial charge in [0.1, 0.15) is 24.4 Å². The maximum atomic E-state index is 11.7. The van der Waals surface area contributed by atoms with Crippen LogP contribution >= 0.6 is 11.6 Å². The molecule has 0 saturated heterocycles. The lowest BCUT2D eigenvalue weighted by Crippen LogP contribution is -2.09. The largest absolute Gasteiger partial charge is 0.493 e. The summed E-state index contributed by atoms with van der Waals surface area (Å²) in [5, 5.41) is 9.58. The zero-order chi connectivity index (χ0) is 18.8. The van der Waals surface area contributed by atoms with Gasteiger partial charge in [0.25, 0.3) is 0 Å². The highest BCUT2D eigenvalue weighted by atomic mass is 35.5. The first-order valence-corrected chi connectivity index (χ1v) is 8.89. The van der Waals surface area contributed by atoms with Crippen LogP contribution < -0.4 is 14.9 Å². The number of unbranched alkanes of at least 4 members (excludes halogenated alkanes) is 2. The van der Waals surface area contributed by atoms with Gasteiger partial charge in [-0.2, -0.15) is 0 Å². The molecule has 0 aliphatic carbocycles. The van der Waals surface area contributed by atoms with Gasteiger partial charge >= 0.3 is 0 Å². The molecule has 0 atom stereocenters. The summed E-state index contributed by atoms with van der Waals surface area (Å²) in [5.41, 5.74) is 0.731. The molecule has 1 heterocycles. The third-order valence-electron chi connectivity index (χ3n) is 3.70. The van der Waals surface area contributed by atoms with E-state index in [9.17, 15) is 4.79 Å². The molecule has 1 N–H and O–H groups in total. The molecule has 140 valence electrons. The Morgan fingerprint density at radius 1 is 1.12 bits per heavy atom. The quantitative estimate of drug-likeness (QED) is 0.470. The zero-order valence-electron chi connectivity index (χ0n) is 14.6. The normalized spacial score (nSPS) is 10.5. The molecule has 2 aromatic rings. The van der Waals surface area contributed by atoms with Crippen LogP contribution in [0.4, 0.5) is 0 Å². The van der Waals surface area contributed by atoms with Gasteiger partial charge in [0.05, 0.1) is 13.2 Å². The van der Waals surface area contributed by atoms with E-state index in [1.165, 1.54) is 12.3 Å². The van der Waals surface area contributed by atoms with Gasteiger partial charge in [-0.25, -0.2) is 0 Å². The molecule has 0 aliphatic rings. The monoisotopic (exact) mass is 378 g/mol. The number of aliphatic hydroxyl groups is 1. The van der Waals surface area contributed by atoms with Gasteiger partial charge < -0.3 is 19.0 Å². The maximum Gasteiger partial charge on any atom is 0.227 e. The summed E-state index contributed by atoms with van der Waals surface area (Å²) in [5.74, 6) is 1.21. The van der Waals surface area contributed by atoms with Crippen LogP contribution in [0.3, 0.4) is 0 Å². The zero-order valence-corrected chi connectivity index (χ0v) is 15.3. The molecule has 6 heteroatoms. The number of rotatable bonds is 11. The van der Waals surface area contributed by atoms with Crippen molar-refractivity contribution in [3.8, 4) is 11.5 Å². The lowest BCUT2D eigenvalue weighted by atomic mass is 10.1. The van der Waals surface area contributed by atoms with Crippen LogP contribution in [0.25, 0.3) is 0 Å². The van der Waals surface area contributed by atoms with E-state index in [4.69, 9.17) is 30.6 Å². The molecule has 0 amide bonds. The maximum absolute atomic E-state index is 11.7. The second kappa shape index (κ2) is 10.7. The molecule has 1 aromatic carbocycles. The van der Waals surface area contributed by atoms with Gasteiger partial charge in [-0.3, -0.25) is 4.79 Å². The second-order valence-electron chi connectivity index (χ2n) is 5.74. The van der Waals surface area contributed by atoms with E-state index in [2.05, 4.69) is 6.58 Å². The first-order chi connectivity index (χ1) is 12.6. The highest BCUT2D eigenvalue weighted by Gasteiger charge is 2.05. The first kappa shape index (κ1) is 20.1. The van der Waals surface area contributed by atoms with Crippen LogP contribution in [0.5, 0.6) is 11.5 Å². The lowest BCUT2D eigenvalue weighted by molar-refractivity contribution is 0.235. The Bertz CT molecular complexity index is 769. The molecule has 0 bridgehead atoms. The topological polar surface area (TPSA) is 68.9 Å². The van der Waals surface area contributed by atoms with E-state index in [0.717, 1.165) is 30.6 Å². The van der Waals surface area contributed by atoms with Crippen LogP contribution in [0.15, 0.2) is 52.4 Å². The van der Waals surface area contributed by atoms with Crippen LogP contribution in [0.2, 0.25) is 5.02 Å². The number of hydrogen-bond donors (Lipinski definition) is 1. The third kappa shape index (κ3) is 6.24. The molecule has 26 heavy (non-hydrogen) atoms. The van der Waals surface area contributed by atoms with E-state index < -0.39 is 0 Å². The fourth-order valence-electron chi connectivity index (χ4n) is 2.38. The average Bonchev–Trinajstić information content (AvgIpc) is 2.63. The van der Waals surface area contributed by atoms with E-state index in [1.807, 2.05) is 24.3 Å². The van der Waals surface area contributed by atoms with Crippen molar-refractivity contribution in [2.45, 2.75) is 32.3 Å². The number of benzene rings is 1. The van der Waals surface area contributed by atoms with Gasteiger partial charge in [-0.1, -0.05) is 17.7 Å². The van der Waals surface area contributed by atoms with E-state index in [0.29, 0.717) is 24.7 Å². The van der Waals surface area contributed by atoms with Crippen molar-refractivity contribution < 1.29 is 19.0 Å². The van der Waals surface area contributed by atoms with Crippen molar-refractivity contribution in [2.24, 2.45) is 0 Å². The Labute approximate surface area is 157 Å². The summed E-state index contributed by atoms with van der Waals surface area (Å²) >= 11 is 6.00. The van der Waals surface area contributed by atoms with Crippen molar-refractivity contribution in [1.82, 2.24) is 0 Å². The molecule has 0 unspecified atom stereocenters. The van der Waals surface area contributed by atoms with Crippen LogP contribution in [0, 0.1) is 0 Å². The van der Waals surface area contributed by atoms with Crippen LogP contribution in [-0.4, -0.2) is 18.3 Å². The van der Waals surface area contributed by atoms with Crippen molar-refractivity contribution >= 4 is 11.6 Å². The molecule has 0 radical (unpaired) electrons. The Balaban J connectivity index is 1.67. The van der Waals surface area contributed by atoms with Crippen molar-refractivity contribution in [3.63, 3.8) is 0 Å². The summed E-state index contributed by atoms with van der Waals surface area (Å²) in [6, 6.07) is 6.81. The molecule has 0 saturated carbocycles. The highest BCUT2D eigenvalue weighted by molar-refractivity contribution is 6.30. The predicted molar refractivity (Wildman–Crippen MR) is 101 cm³/mol. The fourth-order valence-corrected chi connectivity index (χ4v) is 2.57. The summed E-state index contributed by atoms with van der Waals surface area (Å²) in [4.78, 5) is 11.7. The van der Waals surface area contributed by atoms with Crippen molar-refractivity contribution in [2.75, 3.05) is 13.2 Å². The Morgan fingerprint density at radius 3 is 2.50 bits per heavy atom. The van der Waals surface area contributed by atoms with Crippen LogP contribution in [0.1, 0.15) is 30.6 Å². The molecule has 0 spiro atoms. The molecular formula is C20H23ClO5. The molecular weight excluding hydrogens is 356 g/mol. The fraction of sp³-hybridized carbons (Fsp3) is 0.350. The number of hydrogen-bond acceptors (Lipinski definition) is 5. The predicted octanol–water partition coefficient (Wildman–Crippen LogP) is 4.14. The summed E-state index contributed by atoms with van der Waals surface area (Å²) in [6.45, 7) is 4.45. The molecule has 0 aliphatic heterocycles. The van der Waals surface area contributed by atoms with Crippen molar-refractivity contribution in [3.05, 3.63) is 69.8 Å². The van der Waals surface area contributed by atoms with Crippen molar-refractivity contribution in [1.29, 1.82) is 0 Å². The highest BCUT2D eigenvalue weighted by Crippen LogP contribution is 2.24. The van der Waals surface area contributed by atoms with E-state index in [-0.39, 0.29) is 23.5 Å². The molecule has 0 fully saturated rings. The molecule has 5 nitrogen and oxygen atoms in total. The minimum Gasteiger partial charge on any atom is -0.493 e. The second-order valence-corrected chi connectivity index (χ2v) is 6.17. The standard InChI is InChI=1S/C20H23ClO5/c1-2-6-15-11-16(21)7-8-19(15)24-9-4-3-5-10-25-20-14-26-17(13-22)12-18(20)23/h2,7-8,11-12,14,22H,1,3-6,9-10,13H2. The van der Waals surface area contributed by atoms with Gasteiger partial charge in [0.15, 0.2) is 0 Å². The van der Waals surface area contributed by atoms with Gasteiger partial charge in [0.2, 0.25) is 11.2 Å². The molecule has 2 rings (SSSR count). The van der Waals surface area contributed by atoms with E-state index >= 15 is 0 Å². The van der Waals surface area contributed by atoms with Gasteiger partial charge in [-0.15, -0.1) is 6.58 Å². The SMILES string of the molecule is C=CCc1cc(Cl)ccc1OCCCCCOc1coc(CO)cc1=O. The smallest absolute Gasteiger partial charge is 0.227 e. The van der Waals surface area contributed by atoms with Gasteiger partial charge in [0, 0.05) is 11.1 Å². The van der Waals surface area contributed by atoms with Gasteiger partial charge in [-0.05, 0) is 49.4 Å².